The van der Waals surface area contributed by atoms with Crippen LogP contribution in [0.3, 0.4) is 0 Å². The lowest BCUT2D eigenvalue weighted by Gasteiger charge is -2.02. The van der Waals surface area contributed by atoms with Crippen LogP contribution >= 0.6 is 23.5 Å². The number of aryl methyl sites for hydroxylation is 1. The lowest BCUT2D eigenvalue weighted by atomic mass is 10.3. The summed E-state index contributed by atoms with van der Waals surface area (Å²) in [6.07, 6.45) is 3.87. The molecule has 2 heterocycles. The second kappa shape index (κ2) is 4.94. The summed E-state index contributed by atoms with van der Waals surface area (Å²) in [6.45, 7) is 2.67. The highest BCUT2D eigenvalue weighted by Crippen LogP contribution is 2.28. The Morgan fingerprint density at radius 3 is 2.59 bits per heavy atom. The maximum Gasteiger partial charge on any atom is 0.190 e. The van der Waals surface area contributed by atoms with Crippen LogP contribution in [-0.2, 0) is 6.54 Å². The molecule has 7 heteroatoms. The van der Waals surface area contributed by atoms with Gasteiger partial charge in [-0.25, -0.2) is 14.6 Å². The van der Waals surface area contributed by atoms with Gasteiger partial charge in [0.05, 0.1) is 5.39 Å². The van der Waals surface area contributed by atoms with E-state index in [1.807, 2.05) is 19.4 Å². The van der Waals surface area contributed by atoms with Gasteiger partial charge in [0.15, 0.2) is 16.5 Å². The van der Waals surface area contributed by atoms with E-state index in [4.69, 9.17) is 5.26 Å². The summed E-state index contributed by atoms with van der Waals surface area (Å²) >= 11 is 3.00. The first kappa shape index (κ1) is 12.2. The number of nitrogens with zero attached hydrogens (tertiary/aromatic N) is 5. The van der Waals surface area contributed by atoms with Gasteiger partial charge in [-0.15, -0.1) is 11.8 Å². The quantitative estimate of drug-likeness (QED) is 0.481. The number of fused-ring (bicyclic) bond motifs is 1. The molecule has 0 aliphatic rings. The van der Waals surface area contributed by atoms with Gasteiger partial charge in [0.1, 0.15) is 11.1 Å². The van der Waals surface area contributed by atoms with Crippen LogP contribution in [0.2, 0.25) is 0 Å². The van der Waals surface area contributed by atoms with Crippen molar-refractivity contribution >= 4 is 34.6 Å². The highest BCUT2D eigenvalue weighted by molar-refractivity contribution is 7.99. The van der Waals surface area contributed by atoms with Crippen LogP contribution in [0.15, 0.2) is 10.2 Å². The first-order valence-electron chi connectivity index (χ1n) is 5.01. The molecular formula is C10H11N5S2. The molecule has 0 atom stereocenters. The maximum absolute atomic E-state index is 9.10. The molecule has 0 aliphatic heterocycles. The van der Waals surface area contributed by atoms with E-state index in [0.717, 1.165) is 16.1 Å². The van der Waals surface area contributed by atoms with Gasteiger partial charge in [-0.3, -0.25) is 0 Å². The summed E-state index contributed by atoms with van der Waals surface area (Å²) in [4.78, 5) is 8.83. The molecule has 0 amide bonds. The van der Waals surface area contributed by atoms with E-state index in [1.165, 1.54) is 23.5 Å². The van der Waals surface area contributed by atoms with Crippen molar-refractivity contribution in [2.24, 2.45) is 0 Å². The van der Waals surface area contributed by atoms with E-state index in [-0.39, 0.29) is 0 Å². The molecule has 2 aromatic rings. The fourth-order valence-corrected chi connectivity index (χ4v) is 2.55. The van der Waals surface area contributed by atoms with Crippen molar-refractivity contribution in [3.05, 3.63) is 5.69 Å². The van der Waals surface area contributed by atoms with E-state index in [1.54, 1.807) is 4.68 Å². The van der Waals surface area contributed by atoms with Crippen molar-refractivity contribution < 1.29 is 0 Å². The molecule has 0 saturated carbocycles. The molecule has 2 rings (SSSR count). The van der Waals surface area contributed by atoms with Crippen LogP contribution in [0.1, 0.15) is 12.6 Å². The van der Waals surface area contributed by atoms with Crippen LogP contribution < -0.4 is 0 Å². The Hall–Kier alpha value is -1.26. The van der Waals surface area contributed by atoms with Crippen LogP contribution in [-0.4, -0.2) is 32.3 Å². The van der Waals surface area contributed by atoms with Crippen molar-refractivity contribution in [1.82, 2.24) is 19.7 Å². The standard InChI is InChI=1S/C10H11N5S2/c1-4-15-8-7(6(5-11)14-15)9(16-2)13-10(12-8)17-3/h4H2,1-3H3. The van der Waals surface area contributed by atoms with E-state index in [9.17, 15) is 0 Å². The number of rotatable bonds is 3. The normalized spacial score (nSPS) is 10.7. The molecule has 0 saturated heterocycles. The van der Waals surface area contributed by atoms with Crippen LogP contribution in [0.25, 0.3) is 11.0 Å². The summed E-state index contributed by atoms with van der Waals surface area (Å²) in [5.74, 6) is 0. The fourth-order valence-electron chi connectivity index (χ4n) is 1.56. The Morgan fingerprint density at radius 2 is 2.06 bits per heavy atom. The van der Waals surface area contributed by atoms with Gasteiger partial charge < -0.3 is 0 Å². The minimum Gasteiger partial charge on any atom is -0.246 e. The van der Waals surface area contributed by atoms with Gasteiger partial charge in [-0.1, -0.05) is 11.8 Å². The van der Waals surface area contributed by atoms with Gasteiger partial charge in [-0.05, 0) is 19.4 Å². The lowest BCUT2D eigenvalue weighted by molar-refractivity contribution is 0.669. The van der Waals surface area contributed by atoms with Crippen LogP contribution in [0.5, 0.6) is 0 Å². The Balaban J connectivity index is 2.86. The summed E-state index contributed by atoms with van der Waals surface area (Å²) in [5.41, 5.74) is 1.15. The Kier molecular flexibility index (Phi) is 3.54. The Labute approximate surface area is 108 Å². The molecule has 0 aliphatic carbocycles. The third kappa shape index (κ3) is 1.98. The molecule has 0 aromatic carbocycles. The highest BCUT2D eigenvalue weighted by atomic mass is 32.2. The molecule has 88 valence electrons. The van der Waals surface area contributed by atoms with Gasteiger partial charge in [0, 0.05) is 6.54 Å². The van der Waals surface area contributed by atoms with E-state index in [0.29, 0.717) is 17.4 Å². The molecule has 0 N–H and O–H groups in total. The zero-order valence-corrected chi connectivity index (χ0v) is 11.4. The number of hydrogen-bond acceptors (Lipinski definition) is 6. The smallest absolute Gasteiger partial charge is 0.190 e. The number of thioether (sulfide) groups is 2. The number of aromatic nitrogens is 4. The summed E-state index contributed by atoms with van der Waals surface area (Å²) in [6, 6.07) is 2.10. The molecule has 0 bridgehead atoms. The summed E-state index contributed by atoms with van der Waals surface area (Å²) < 4.78 is 1.75. The molecule has 2 aromatic heterocycles. The third-order valence-electron chi connectivity index (χ3n) is 2.32. The number of nitriles is 1. The number of hydrogen-bond donors (Lipinski definition) is 0. The Bertz CT molecular complexity index is 599. The van der Waals surface area contributed by atoms with Gasteiger partial charge in [0.25, 0.3) is 0 Å². The first-order chi connectivity index (χ1) is 8.24. The average Bonchev–Trinajstić information content (AvgIpc) is 2.75. The largest absolute Gasteiger partial charge is 0.246 e. The van der Waals surface area contributed by atoms with E-state index >= 15 is 0 Å². The predicted molar refractivity (Wildman–Crippen MR) is 69.3 cm³/mol. The highest BCUT2D eigenvalue weighted by Gasteiger charge is 2.17. The topological polar surface area (TPSA) is 67.4 Å². The molecule has 17 heavy (non-hydrogen) atoms. The van der Waals surface area contributed by atoms with Crippen molar-refractivity contribution in [3.63, 3.8) is 0 Å². The molecule has 0 spiro atoms. The van der Waals surface area contributed by atoms with Crippen LogP contribution in [0, 0.1) is 11.3 Å². The van der Waals surface area contributed by atoms with Gasteiger partial charge in [0.2, 0.25) is 0 Å². The van der Waals surface area contributed by atoms with E-state index in [2.05, 4.69) is 21.1 Å². The maximum atomic E-state index is 9.10. The monoisotopic (exact) mass is 265 g/mol. The van der Waals surface area contributed by atoms with Gasteiger partial charge >= 0.3 is 0 Å². The minimum absolute atomic E-state index is 0.402. The second-order valence-corrected chi connectivity index (χ2v) is 4.76. The SMILES string of the molecule is CCn1nc(C#N)c2c(SC)nc(SC)nc21. The second-order valence-electron chi connectivity index (χ2n) is 3.19. The summed E-state index contributed by atoms with van der Waals surface area (Å²) in [5, 5.41) is 15.6. The van der Waals surface area contributed by atoms with Crippen LogP contribution in [0.4, 0.5) is 0 Å². The van der Waals surface area contributed by atoms with Crippen molar-refractivity contribution in [2.75, 3.05) is 12.5 Å². The third-order valence-corrected chi connectivity index (χ3v) is 3.55. The molecular weight excluding hydrogens is 254 g/mol. The predicted octanol–water partition coefficient (Wildman–Crippen LogP) is 2.16. The zero-order chi connectivity index (χ0) is 12.4. The Morgan fingerprint density at radius 1 is 1.29 bits per heavy atom. The van der Waals surface area contributed by atoms with Crippen molar-refractivity contribution in [2.45, 2.75) is 23.7 Å². The minimum atomic E-state index is 0.402. The van der Waals surface area contributed by atoms with Gasteiger partial charge in [-0.2, -0.15) is 10.4 Å². The lowest BCUT2D eigenvalue weighted by Crippen LogP contribution is -1.99. The van der Waals surface area contributed by atoms with Crippen molar-refractivity contribution in [3.8, 4) is 6.07 Å². The fraction of sp³-hybridized carbons (Fsp3) is 0.400. The first-order valence-corrected chi connectivity index (χ1v) is 7.46. The molecule has 0 unspecified atom stereocenters. The van der Waals surface area contributed by atoms with Crippen molar-refractivity contribution in [1.29, 1.82) is 5.26 Å². The summed E-state index contributed by atoms with van der Waals surface area (Å²) in [7, 11) is 0. The molecule has 0 fully saturated rings. The zero-order valence-electron chi connectivity index (χ0n) is 9.76. The molecule has 5 nitrogen and oxygen atoms in total. The van der Waals surface area contributed by atoms with E-state index < -0.39 is 0 Å². The average molecular weight is 265 g/mol. The molecule has 0 radical (unpaired) electrons.